The standard InChI is InChI=1S/C6H11NO/c1-4-7-5(2)6(3)8/h7-8H,2-4H2,1H3. The number of rotatable bonds is 3. The van der Waals surface area contributed by atoms with E-state index in [9.17, 15) is 0 Å². The van der Waals surface area contributed by atoms with Gasteiger partial charge < -0.3 is 10.4 Å². The number of nitrogens with one attached hydrogen (secondary N) is 1. The quantitative estimate of drug-likeness (QED) is 0.425. The average Bonchev–Trinajstić information content (AvgIpc) is 1.67. The van der Waals surface area contributed by atoms with E-state index in [1.165, 1.54) is 0 Å². The van der Waals surface area contributed by atoms with E-state index >= 15 is 0 Å². The lowest BCUT2D eigenvalue weighted by atomic mass is 10.4. The maximum Gasteiger partial charge on any atom is 0.130 e. The van der Waals surface area contributed by atoms with Crippen LogP contribution in [0.4, 0.5) is 0 Å². The van der Waals surface area contributed by atoms with E-state index in [2.05, 4.69) is 18.5 Å². The summed E-state index contributed by atoms with van der Waals surface area (Å²) >= 11 is 0. The molecule has 0 aliphatic heterocycles. The molecular weight excluding hydrogens is 102 g/mol. The molecule has 0 fully saturated rings. The molecule has 46 valence electrons. The Balaban J connectivity index is 3.49. The summed E-state index contributed by atoms with van der Waals surface area (Å²) in [6, 6.07) is 0. The number of hydrogen-bond acceptors (Lipinski definition) is 2. The van der Waals surface area contributed by atoms with Gasteiger partial charge in [-0.25, -0.2) is 0 Å². The Hall–Kier alpha value is -0.920. The molecule has 0 radical (unpaired) electrons. The van der Waals surface area contributed by atoms with Crippen molar-refractivity contribution in [1.29, 1.82) is 0 Å². The number of aliphatic hydroxyl groups is 1. The predicted molar refractivity (Wildman–Crippen MR) is 34.6 cm³/mol. The Bertz CT molecular complexity index is 107. The average molecular weight is 113 g/mol. The highest BCUT2D eigenvalue weighted by atomic mass is 16.3. The van der Waals surface area contributed by atoms with Crippen molar-refractivity contribution in [3.05, 3.63) is 24.6 Å². The molecule has 2 N–H and O–H groups in total. The fourth-order valence-electron chi connectivity index (χ4n) is 0.315. The van der Waals surface area contributed by atoms with Gasteiger partial charge >= 0.3 is 0 Å². The first kappa shape index (κ1) is 7.08. The molecule has 0 aromatic rings. The summed E-state index contributed by atoms with van der Waals surface area (Å²) in [6.45, 7) is 9.44. The van der Waals surface area contributed by atoms with E-state index in [4.69, 9.17) is 5.11 Å². The van der Waals surface area contributed by atoms with Crippen LogP contribution in [0.25, 0.3) is 0 Å². The minimum atomic E-state index is 0.00634. The molecule has 2 nitrogen and oxygen atoms in total. The summed E-state index contributed by atoms with van der Waals surface area (Å²) in [5.74, 6) is 0.00634. The van der Waals surface area contributed by atoms with Crippen LogP contribution >= 0.6 is 0 Å². The first-order chi connectivity index (χ1) is 3.68. The Labute approximate surface area is 49.5 Å². The van der Waals surface area contributed by atoms with E-state index in [1.807, 2.05) is 6.92 Å². The largest absolute Gasteiger partial charge is 0.506 e. The zero-order chi connectivity index (χ0) is 6.57. The molecule has 0 heterocycles. The van der Waals surface area contributed by atoms with Crippen LogP contribution in [0.1, 0.15) is 6.92 Å². The molecule has 0 spiro atoms. The molecule has 0 aliphatic rings. The molecule has 0 saturated carbocycles. The van der Waals surface area contributed by atoms with Crippen molar-refractivity contribution in [2.24, 2.45) is 0 Å². The van der Waals surface area contributed by atoms with Crippen LogP contribution in [-0.2, 0) is 0 Å². The van der Waals surface area contributed by atoms with Gasteiger partial charge in [-0.15, -0.1) is 0 Å². The van der Waals surface area contributed by atoms with Crippen LogP contribution in [0.3, 0.4) is 0 Å². The highest BCUT2D eigenvalue weighted by Gasteiger charge is 1.90. The maximum absolute atomic E-state index is 8.60. The normalized spacial score (nSPS) is 8.12. The Morgan fingerprint density at radius 3 is 2.25 bits per heavy atom. The van der Waals surface area contributed by atoms with Crippen molar-refractivity contribution in [2.45, 2.75) is 6.92 Å². The van der Waals surface area contributed by atoms with Crippen molar-refractivity contribution in [1.82, 2.24) is 5.32 Å². The zero-order valence-electron chi connectivity index (χ0n) is 5.07. The first-order valence-electron chi connectivity index (χ1n) is 2.49. The van der Waals surface area contributed by atoms with Crippen molar-refractivity contribution >= 4 is 0 Å². The van der Waals surface area contributed by atoms with Crippen LogP contribution in [0.15, 0.2) is 24.6 Å². The highest BCUT2D eigenvalue weighted by molar-refractivity contribution is 5.14. The molecule has 0 aromatic carbocycles. The minimum Gasteiger partial charge on any atom is -0.506 e. The van der Waals surface area contributed by atoms with E-state index in [0.717, 1.165) is 6.54 Å². The van der Waals surface area contributed by atoms with Crippen LogP contribution < -0.4 is 5.32 Å². The molecule has 0 amide bonds. The van der Waals surface area contributed by atoms with E-state index in [0.29, 0.717) is 5.70 Å². The Kier molecular flexibility index (Phi) is 2.77. The lowest BCUT2D eigenvalue weighted by Gasteiger charge is -2.02. The van der Waals surface area contributed by atoms with Gasteiger partial charge in [-0.05, 0) is 6.92 Å². The molecular formula is C6H11NO. The van der Waals surface area contributed by atoms with E-state index in [-0.39, 0.29) is 5.76 Å². The number of aliphatic hydroxyl groups excluding tert-OH is 1. The van der Waals surface area contributed by atoms with Gasteiger partial charge in [-0.2, -0.15) is 0 Å². The third-order valence-corrected chi connectivity index (χ3v) is 0.739. The van der Waals surface area contributed by atoms with Crippen molar-refractivity contribution in [3.63, 3.8) is 0 Å². The van der Waals surface area contributed by atoms with Crippen LogP contribution in [0.5, 0.6) is 0 Å². The smallest absolute Gasteiger partial charge is 0.130 e. The summed E-state index contributed by atoms with van der Waals surface area (Å²) in [7, 11) is 0. The topological polar surface area (TPSA) is 32.3 Å². The van der Waals surface area contributed by atoms with Gasteiger partial charge in [0.15, 0.2) is 0 Å². The molecule has 2 heteroatoms. The summed E-state index contributed by atoms with van der Waals surface area (Å²) in [4.78, 5) is 0. The second kappa shape index (κ2) is 3.13. The summed E-state index contributed by atoms with van der Waals surface area (Å²) in [5, 5.41) is 11.4. The molecule has 0 saturated heterocycles. The third-order valence-electron chi connectivity index (χ3n) is 0.739. The summed E-state index contributed by atoms with van der Waals surface area (Å²) in [5.41, 5.74) is 0.493. The first-order valence-corrected chi connectivity index (χ1v) is 2.49. The zero-order valence-corrected chi connectivity index (χ0v) is 5.07. The van der Waals surface area contributed by atoms with Gasteiger partial charge in [0.1, 0.15) is 5.76 Å². The second-order valence-corrected chi connectivity index (χ2v) is 1.46. The third kappa shape index (κ3) is 2.29. The van der Waals surface area contributed by atoms with Gasteiger partial charge in [0.2, 0.25) is 0 Å². The van der Waals surface area contributed by atoms with Gasteiger partial charge in [-0.1, -0.05) is 13.2 Å². The minimum absolute atomic E-state index is 0.00634. The molecule has 0 atom stereocenters. The molecule has 0 bridgehead atoms. The monoisotopic (exact) mass is 113 g/mol. The number of hydrogen-bond donors (Lipinski definition) is 2. The van der Waals surface area contributed by atoms with Crippen molar-refractivity contribution < 1.29 is 5.11 Å². The van der Waals surface area contributed by atoms with E-state index in [1.54, 1.807) is 0 Å². The Morgan fingerprint density at radius 2 is 2.12 bits per heavy atom. The molecule has 0 aromatic heterocycles. The summed E-state index contributed by atoms with van der Waals surface area (Å²) < 4.78 is 0. The molecule has 0 aliphatic carbocycles. The lowest BCUT2D eigenvalue weighted by Crippen LogP contribution is -2.11. The van der Waals surface area contributed by atoms with Crippen LogP contribution in [-0.4, -0.2) is 11.7 Å². The van der Waals surface area contributed by atoms with Crippen molar-refractivity contribution in [3.8, 4) is 0 Å². The van der Waals surface area contributed by atoms with Crippen LogP contribution in [0, 0.1) is 0 Å². The highest BCUT2D eigenvalue weighted by Crippen LogP contribution is 1.92. The summed E-state index contributed by atoms with van der Waals surface area (Å²) in [6.07, 6.45) is 0. The van der Waals surface area contributed by atoms with Gasteiger partial charge in [0.05, 0.1) is 5.70 Å². The lowest BCUT2D eigenvalue weighted by molar-refractivity contribution is 0.418. The van der Waals surface area contributed by atoms with Gasteiger partial charge in [-0.3, -0.25) is 0 Å². The number of likely N-dealkylation sites (N-methyl/N-ethyl adjacent to an activating group) is 1. The SMILES string of the molecule is C=C(O)C(=C)NCC. The molecule has 0 unspecified atom stereocenters. The Morgan fingerprint density at radius 1 is 1.62 bits per heavy atom. The predicted octanol–water partition coefficient (Wildman–Crippen LogP) is 1.18. The van der Waals surface area contributed by atoms with Crippen molar-refractivity contribution in [2.75, 3.05) is 6.54 Å². The van der Waals surface area contributed by atoms with Gasteiger partial charge in [0.25, 0.3) is 0 Å². The molecule has 0 rings (SSSR count). The van der Waals surface area contributed by atoms with Gasteiger partial charge in [0, 0.05) is 6.54 Å². The van der Waals surface area contributed by atoms with E-state index < -0.39 is 0 Å². The fraction of sp³-hybridized carbons (Fsp3) is 0.333. The van der Waals surface area contributed by atoms with Crippen LogP contribution in [0.2, 0.25) is 0 Å². The second-order valence-electron chi connectivity index (χ2n) is 1.46. The fourth-order valence-corrected chi connectivity index (χ4v) is 0.315. The maximum atomic E-state index is 8.60. The molecule has 8 heavy (non-hydrogen) atoms.